The molecule has 3 rings (SSSR count). The van der Waals surface area contributed by atoms with Gasteiger partial charge in [0.05, 0.1) is 5.33 Å². The Morgan fingerprint density at radius 2 is 1.67 bits per heavy atom. The van der Waals surface area contributed by atoms with E-state index < -0.39 is 0 Å². The molecule has 0 aliphatic rings. The van der Waals surface area contributed by atoms with Gasteiger partial charge in [0.25, 0.3) is 0 Å². The summed E-state index contributed by atoms with van der Waals surface area (Å²) >= 11 is 3.18. The number of halogens is 2. The third kappa shape index (κ3) is 4.62. The molecular weight excluding hydrogens is 430 g/mol. The van der Waals surface area contributed by atoms with Crippen LogP contribution in [-0.2, 0) is 11.3 Å². The lowest BCUT2D eigenvalue weighted by Crippen LogP contribution is -3.00. The molecule has 0 radical (unpaired) electrons. The van der Waals surface area contributed by atoms with Crippen molar-refractivity contribution in [3.05, 3.63) is 78.1 Å². The molecule has 0 fully saturated rings. The molecule has 0 unspecified atom stereocenters. The summed E-state index contributed by atoms with van der Waals surface area (Å²) in [4.78, 5) is 11.4. The zero-order valence-corrected chi connectivity index (χ0v) is 16.2. The van der Waals surface area contributed by atoms with Gasteiger partial charge in [-0.2, -0.15) is 4.57 Å². The van der Waals surface area contributed by atoms with Gasteiger partial charge in [-0.25, -0.2) is 0 Å². The maximum Gasteiger partial charge on any atom is 0.207 e. The summed E-state index contributed by atoms with van der Waals surface area (Å²) in [5, 5.41) is 2.89. The minimum absolute atomic E-state index is 0. The molecule has 24 heavy (non-hydrogen) atoms. The molecule has 4 heteroatoms. The van der Waals surface area contributed by atoms with E-state index in [1.54, 1.807) is 0 Å². The average molecular weight is 447 g/mol. The van der Waals surface area contributed by atoms with Crippen molar-refractivity contribution < 1.29 is 26.3 Å². The Morgan fingerprint density at radius 1 is 0.958 bits per heavy atom. The molecule has 0 spiro atoms. The molecule has 0 saturated carbocycles. The average Bonchev–Trinajstić information content (AvgIpc) is 2.61. The number of hydrogen-bond acceptors (Lipinski definition) is 1. The van der Waals surface area contributed by atoms with Gasteiger partial charge in [0.2, 0.25) is 12.3 Å². The fraction of sp³-hybridized carbons (Fsp3) is 0.100. The van der Waals surface area contributed by atoms with Crippen molar-refractivity contribution >= 4 is 44.6 Å². The topological polar surface area (TPSA) is 20.9 Å². The van der Waals surface area contributed by atoms with Crippen molar-refractivity contribution in [3.8, 4) is 0 Å². The van der Waals surface area contributed by atoms with E-state index in [-0.39, 0.29) is 22.8 Å². The van der Waals surface area contributed by atoms with Gasteiger partial charge in [-0.3, -0.25) is 4.79 Å². The van der Waals surface area contributed by atoms with Crippen LogP contribution in [0.2, 0.25) is 0 Å². The third-order valence-corrected chi connectivity index (χ3v) is 4.33. The monoisotopic (exact) mass is 445 g/mol. The van der Waals surface area contributed by atoms with Crippen molar-refractivity contribution in [1.29, 1.82) is 0 Å². The summed E-state index contributed by atoms with van der Waals surface area (Å²) in [6.45, 7) is 0.401. The van der Waals surface area contributed by atoms with Crippen molar-refractivity contribution in [2.75, 3.05) is 5.33 Å². The molecule has 3 aromatic rings. The minimum Gasteiger partial charge on any atom is -1.00 e. The normalized spacial score (nSPS) is 10.7. The highest BCUT2D eigenvalue weighted by atomic mass is 79.9. The van der Waals surface area contributed by atoms with Crippen molar-refractivity contribution in [1.82, 2.24) is 0 Å². The first-order chi connectivity index (χ1) is 11.3. The predicted molar refractivity (Wildman–Crippen MR) is 98.3 cm³/mol. The van der Waals surface area contributed by atoms with Crippen LogP contribution < -0.4 is 21.5 Å². The van der Waals surface area contributed by atoms with Crippen molar-refractivity contribution in [2.24, 2.45) is 0 Å². The number of alkyl halides is 1. The fourth-order valence-electron chi connectivity index (χ4n) is 2.51. The van der Waals surface area contributed by atoms with Crippen LogP contribution in [0.1, 0.15) is 11.1 Å². The van der Waals surface area contributed by atoms with E-state index in [9.17, 15) is 4.79 Å². The first kappa shape index (κ1) is 18.6. The summed E-state index contributed by atoms with van der Waals surface area (Å²) in [6.07, 6.45) is 8.09. The lowest BCUT2D eigenvalue weighted by atomic mass is 10.0. The van der Waals surface area contributed by atoms with Gasteiger partial charge >= 0.3 is 0 Å². The molecule has 0 aliphatic heterocycles. The Hall–Kier alpha value is -1.78. The Bertz CT molecular complexity index is 852. The molecular formula is C20H17Br2NO. The van der Waals surface area contributed by atoms with Gasteiger partial charge in [-0.1, -0.05) is 70.5 Å². The lowest BCUT2D eigenvalue weighted by molar-refractivity contribution is -0.684. The molecule has 0 N–H and O–H groups in total. The largest absolute Gasteiger partial charge is 1.00 e. The number of pyridine rings is 1. The highest BCUT2D eigenvalue weighted by Crippen LogP contribution is 2.20. The molecule has 0 saturated heterocycles. The lowest BCUT2D eigenvalue weighted by Gasteiger charge is -2.01. The van der Waals surface area contributed by atoms with Gasteiger partial charge < -0.3 is 17.0 Å². The third-order valence-electron chi connectivity index (χ3n) is 3.70. The number of benzene rings is 2. The van der Waals surface area contributed by atoms with Gasteiger partial charge in [-0.15, -0.1) is 0 Å². The molecule has 0 bridgehead atoms. The SMILES string of the molecule is O=C(CBr)C[n+]1ccc(/C=C/c2cccc3ccccc23)cc1.[Br-]. The fourth-order valence-corrected chi connectivity index (χ4v) is 2.69. The van der Waals surface area contributed by atoms with Crippen LogP contribution >= 0.6 is 15.9 Å². The zero-order chi connectivity index (χ0) is 16.1. The van der Waals surface area contributed by atoms with E-state index >= 15 is 0 Å². The van der Waals surface area contributed by atoms with Crippen molar-refractivity contribution in [2.45, 2.75) is 6.54 Å². The van der Waals surface area contributed by atoms with Crippen molar-refractivity contribution in [3.63, 3.8) is 0 Å². The number of aromatic nitrogens is 1. The summed E-state index contributed by atoms with van der Waals surface area (Å²) in [5.74, 6) is 0.161. The van der Waals surface area contributed by atoms with Crippen LogP contribution in [-0.4, -0.2) is 11.1 Å². The Morgan fingerprint density at radius 3 is 2.42 bits per heavy atom. The van der Waals surface area contributed by atoms with Crippen LogP contribution in [0.25, 0.3) is 22.9 Å². The molecule has 2 aromatic carbocycles. The van der Waals surface area contributed by atoms with Crippen LogP contribution in [0.3, 0.4) is 0 Å². The molecule has 122 valence electrons. The standard InChI is InChI=1S/C20H17BrNO.BrH/c21-14-19(23)15-22-12-10-16(11-13-22)8-9-18-6-3-5-17-4-1-2-7-20(17)18;/h1-13H,14-15H2;1H/q+1;/p-1/b9-8+;. The van der Waals surface area contributed by atoms with Crippen LogP contribution in [0, 0.1) is 0 Å². The number of Topliss-reactive ketones (excluding diaryl/α,β-unsaturated/α-hetero) is 1. The number of rotatable bonds is 5. The van der Waals surface area contributed by atoms with Crippen LogP contribution in [0.5, 0.6) is 0 Å². The van der Waals surface area contributed by atoms with Gasteiger partial charge in [-0.05, 0) is 21.9 Å². The number of carbonyl (C=O) groups is 1. The zero-order valence-electron chi connectivity index (χ0n) is 13.0. The number of ketones is 1. The number of nitrogens with zero attached hydrogens (tertiary/aromatic N) is 1. The predicted octanol–water partition coefficient (Wildman–Crippen LogP) is 1.27. The van der Waals surface area contributed by atoms with E-state index in [1.807, 2.05) is 29.1 Å². The van der Waals surface area contributed by atoms with E-state index in [0.717, 1.165) is 5.56 Å². The number of hydrogen-bond donors (Lipinski definition) is 0. The van der Waals surface area contributed by atoms with E-state index in [0.29, 0.717) is 11.9 Å². The van der Waals surface area contributed by atoms with Gasteiger partial charge in [0.15, 0.2) is 12.4 Å². The summed E-state index contributed by atoms with van der Waals surface area (Å²) in [6, 6.07) is 18.7. The molecule has 2 nitrogen and oxygen atoms in total. The quantitative estimate of drug-likeness (QED) is 0.427. The number of fused-ring (bicyclic) bond motifs is 1. The second kappa shape index (κ2) is 8.90. The first-order valence-corrected chi connectivity index (χ1v) is 8.61. The second-order valence-corrected chi connectivity index (χ2v) is 5.94. The molecule has 0 atom stereocenters. The van der Waals surface area contributed by atoms with Gasteiger partial charge in [0, 0.05) is 12.1 Å². The highest BCUT2D eigenvalue weighted by molar-refractivity contribution is 9.09. The smallest absolute Gasteiger partial charge is 0.207 e. The molecule has 1 aromatic heterocycles. The Balaban J connectivity index is 0.00000208. The maximum atomic E-state index is 11.4. The Kier molecular flexibility index (Phi) is 6.88. The minimum atomic E-state index is 0. The molecule has 0 amide bonds. The first-order valence-electron chi connectivity index (χ1n) is 7.49. The summed E-state index contributed by atoms with van der Waals surface area (Å²) in [5.41, 5.74) is 2.31. The van der Waals surface area contributed by atoms with E-state index in [1.165, 1.54) is 16.3 Å². The highest BCUT2D eigenvalue weighted by Gasteiger charge is 2.06. The Labute approximate surface area is 160 Å². The second-order valence-electron chi connectivity index (χ2n) is 5.38. The number of carbonyl (C=O) groups excluding carboxylic acids is 1. The van der Waals surface area contributed by atoms with Gasteiger partial charge in [0.1, 0.15) is 0 Å². The summed E-state index contributed by atoms with van der Waals surface area (Å²) < 4.78 is 1.89. The van der Waals surface area contributed by atoms with E-state index in [2.05, 4.69) is 70.5 Å². The van der Waals surface area contributed by atoms with Crippen LogP contribution in [0.15, 0.2) is 67.0 Å². The maximum absolute atomic E-state index is 11.4. The van der Waals surface area contributed by atoms with Crippen LogP contribution in [0.4, 0.5) is 0 Å². The van der Waals surface area contributed by atoms with E-state index in [4.69, 9.17) is 0 Å². The molecule has 1 heterocycles. The summed E-state index contributed by atoms with van der Waals surface area (Å²) in [7, 11) is 0. The molecule has 0 aliphatic carbocycles.